The molecule has 22 heavy (non-hydrogen) atoms. The van der Waals surface area contributed by atoms with E-state index < -0.39 is 0 Å². The molecular formula is C17H25BrN4. The van der Waals surface area contributed by atoms with Crippen LogP contribution in [0, 0.1) is 11.8 Å². The van der Waals surface area contributed by atoms with E-state index in [9.17, 15) is 0 Å². The van der Waals surface area contributed by atoms with Gasteiger partial charge in [0.2, 0.25) is 0 Å². The second-order valence-corrected chi connectivity index (χ2v) is 7.27. The molecule has 120 valence electrons. The molecule has 1 aromatic rings. The van der Waals surface area contributed by atoms with E-state index in [1.165, 1.54) is 24.9 Å². The third-order valence-electron chi connectivity index (χ3n) is 4.50. The molecule has 0 aromatic heterocycles. The number of nitrogens with one attached hydrogen (secondary N) is 2. The molecule has 1 heterocycles. The van der Waals surface area contributed by atoms with Gasteiger partial charge in [0, 0.05) is 43.4 Å². The van der Waals surface area contributed by atoms with E-state index >= 15 is 0 Å². The van der Waals surface area contributed by atoms with Crippen molar-refractivity contribution < 1.29 is 0 Å². The van der Waals surface area contributed by atoms with Crippen LogP contribution in [0.25, 0.3) is 0 Å². The highest BCUT2D eigenvalue weighted by Gasteiger charge is 2.24. The first kappa shape index (κ1) is 15.7. The summed E-state index contributed by atoms with van der Waals surface area (Å²) in [6.07, 6.45) is 3.97. The van der Waals surface area contributed by atoms with Crippen LogP contribution in [-0.4, -0.2) is 39.2 Å². The number of hydrogen-bond acceptors (Lipinski definition) is 2. The topological polar surface area (TPSA) is 39.7 Å². The van der Waals surface area contributed by atoms with Crippen LogP contribution in [0.15, 0.2) is 33.7 Å². The van der Waals surface area contributed by atoms with Gasteiger partial charge < -0.3 is 15.5 Å². The first-order valence-electron chi connectivity index (χ1n) is 8.19. The lowest BCUT2D eigenvalue weighted by atomic mass is 10.1. The van der Waals surface area contributed by atoms with Gasteiger partial charge in [0.15, 0.2) is 5.96 Å². The van der Waals surface area contributed by atoms with Crippen molar-refractivity contribution in [3.8, 4) is 0 Å². The maximum absolute atomic E-state index is 4.31. The van der Waals surface area contributed by atoms with Gasteiger partial charge in [-0.2, -0.15) is 0 Å². The average molecular weight is 365 g/mol. The molecule has 0 bridgehead atoms. The Balaban J connectivity index is 1.44. The normalized spacial score (nSPS) is 22.0. The quantitative estimate of drug-likeness (QED) is 0.623. The van der Waals surface area contributed by atoms with E-state index in [1.807, 2.05) is 7.05 Å². The Morgan fingerprint density at radius 3 is 2.68 bits per heavy atom. The van der Waals surface area contributed by atoms with Gasteiger partial charge in [-0.05, 0) is 49.3 Å². The Kier molecular flexibility index (Phi) is 5.24. The summed E-state index contributed by atoms with van der Waals surface area (Å²) >= 11 is 3.55. The lowest BCUT2D eigenvalue weighted by Gasteiger charge is -2.19. The van der Waals surface area contributed by atoms with Gasteiger partial charge >= 0.3 is 0 Å². The second kappa shape index (κ2) is 7.36. The SMILES string of the molecule is CN=C(NCC1CC1)NCC1CCN(c2cccc(Br)c2)C1. The molecule has 1 aliphatic carbocycles. The van der Waals surface area contributed by atoms with Gasteiger partial charge in [-0.25, -0.2) is 0 Å². The van der Waals surface area contributed by atoms with Crippen LogP contribution in [0.1, 0.15) is 19.3 Å². The number of nitrogens with zero attached hydrogens (tertiary/aromatic N) is 2. The van der Waals surface area contributed by atoms with Crippen LogP contribution < -0.4 is 15.5 Å². The highest BCUT2D eigenvalue weighted by atomic mass is 79.9. The summed E-state index contributed by atoms with van der Waals surface area (Å²) < 4.78 is 1.15. The molecule has 2 fully saturated rings. The Hall–Kier alpha value is -1.23. The third-order valence-corrected chi connectivity index (χ3v) is 4.99. The lowest BCUT2D eigenvalue weighted by Crippen LogP contribution is -2.41. The molecule has 1 aliphatic heterocycles. The molecule has 2 aliphatic rings. The molecule has 4 nitrogen and oxygen atoms in total. The molecule has 1 saturated carbocycles. The number of guanidine groups is 1. The summed E-state index contributed by atoms with van der Waals surface area (Å²) in [4.78, 5) is 6.78. The zero-order valence-corrected chi connectivity index (χ0v) is 14.8. The van der Waals surface area contributed by atoms with Crippen molar-refractivity contribution in [2.24, 2.45) is 16.8 Å². The zero-order valence-electron chi connectivity index (χ0n) is 13.2. The fraction of sp³-hybridized carbons (Fsp3) is 0.588. The highest BCUT2D eigenvalue weighted by molar-refractivity contribution is 9.10. The van der Waals surface area contributed by atoms with E-state index in [-0.39, 0.29) is 0 Å². The van der Waals surface area contributed by atoms with Crippen molar-refractivity contribution in [2.45, 2.75) is 19.3 Å². The molecule has 1 aromatic carbocycles. The standard InChI is InChI=1S/C17H25BrN4/c1-19-17(20-10-13-5-6-13)21-11-14-7-8-22(12-14)16-4-2-3-15(18)9-16/h2-4,9,13-14H,5-8,10-12H2,1H3,(H2,19,20,21). The monoisotopic (exact) mass is 364 g/mol. The minimum Gasteiger partial charge on any atom is -0.371 e. The van der Waals surface area contributed by atoms with E-state index in [0.29, 0.717) is 5.92 Å². The van der Waals surface area contributed by atoms with Crippen molar-refractivity contribution in [1.29, 1.82) is 0 Å². The Bertz CT molecular complexity index is 527. The molecule has 0 amide bonds. The van der Waals surface area contributed by atoms with E-state index in [1.54, 1.807) is 0 Å². The fourth-order valence-electron chi connectivity index (χ4n) is 2.93. The van der Waals surface area contributed by atoms with Gasteiger partial charge in [0.1, 0.15) is 0 Å². The Morgan fingerprint density at radius 2 is 2.00 bits per heavy atom. The van der Waals surface area contributed by atoms with Crippen LogP contribution in [-0.2, 0) is 0 Å². The first-order chi connectivity index (χ1) is 10.7. The van der Waals surface area contributed by atoms with Crippen LogP contribution in [0.5, 0.6) is 0 Å². The van der Waals surface area contributed by atoms with Gasteiger partial charge in [-0.1, -0.05) is 22.0 Å². The summed E-state index contributed by atoms with van der Waals surface area (Å²) in [5.74, 6) is 2.50. The van der Waals surface area contributed by atoms with Crippen LogP contribution >= 0.6 is 15.9 Å². The first-order valence-corrected chi connectivity index (χ1v) is 8.99. The molecule has 3 rings (SSSR count). The average Bonchev–Trinajstić information content (AvgIpc) is 3.23. The lowest BCUT2D eigenvalue weighted by molar-refractivity contribution is 0.564. The number of halogens is 1. The summed E-state index contributed by atoms with van der Waals surface area (Å²) in [6, 6.07) is 8.57. The largest absolute Gasteiger partial charge is 0.371 e. The van der Waals surface area contributed by atoms with Crippen molar-refractivity contribution in [2.75, 3.05) is 38.1 Å². The van der Waals surface area contributed by atoms with E-state index in [0.717, 1.165) is 42.5 Å². The van der Waals surface area contributed by atoms with Gasteiger partial charge in [-0.3, -0.25) is 4.99 Å². The van der Waals surface area contributed by atoms with Crippen LogP contribution in [0.4, 0.5) is 5.69 Å². The number of rotatable bonds is 5. The predicted molar refractivity (Wildman–Crippen MR) is 96.6 cm³/mol. The summed E-state index contributed by atoms with van der Waals surface area (Å²) in [7, 11) is 1.85. The van der Waals surface area contributed by atoms with Crippen molar-refractivity contribution >= 4 is 27.6 Å². The predicted octanol–water partition coefficient (Wildman–Crippen LogP) is 2.85. The minimum absolute atomic E-state index is 0.679. The van der Waals surface area contributed by atoms with Crippen molar-refractivity contribution in [3.05, 3.63) is 28.7 Å². The van der Waals surface area contributed by atoms with E-state index in [4.69, 9.17) is 0 Å². The maximum atomic E-state index is 4.31. The summed E-state index contributed by atoms with van der Waals surface area (Å²) in [5.41, 5.74) is 1.31. The smallest absolute Gasteiger partial charge is 0.190 e. The summed E-state index contributed by atoms with van der Waals surface area (Å²) in [5, 5.41) is 6.91. The van der Waals surface area contributed by atoms with Crippen LogP contribution in [0.2, 0.25) is 0 Å². The molecule has 1 atom stereocenters. The van der Waals surface area contributed by atoms with E-state index in [2.05, 4.69) is 60.7 Å². The Labute approximate surface area is 141 Å². The van der Waals surface area contributed by atoms with Crippen molar-refractivity contribution in [3.63, 3.8) is 0 Å². The van der Waals surface area contributed by atoms with Crippen LogP contribution in [0.3, 0.4) is 0 Å². The molecule has 1 saturated heterocycles. The van der Waals surface area contributed by atoms with Crippen molar-refractivity contribution in [1.82, 2.24) is 10.6 Å². The third kappa shape index (κ3) is 4.38. The molecule has 1 unspecified atom stereocenters. The second-order valence-electron chi connectivity index (χ2n) is 6.36. The number of benzene rings is 1. The maximum Gasteiger partial charge on any atom is 0.190 e. The van der Waals surface area contributed by atoms with Gasteiger partial charge in [0.05, 0.1) is 0 Å². The number of aliphatic imine (C=N–C) groups is 1. The molecule has 0 spiro atoms. The molecule has 5 heteroatoms. The highest BCUT2D eigenvalue weighted by Crippen LogP contribution is 2.27. The van der Waals surface area contributed by atoms with Gasteiger partial charge in [-0.15, -0.1) is 0 Å². The number of anilines is 1. The Morgan fingerprint density at radius 1 is 1.23 bits per heavy atom. The fourth-order valence-corrected chi connectivity index (χ4v) is 3.32. The minimum atomic E-state index is 0.679. The zero-order chi connectivity index (χ0) is 15.4. The molecule has 0 radical (unpaired) electrons. The molecular weight excluding hydrogens is 340 g/mol. The van der Waals surface area contributed by atoms with Gasteiger partial charge in [0.25, 0.3) is 0 Å². The summed E-state index contributed by atoms with van der Waals surface area (Å²) in [6.45, 7) is 4.31. The number of hydrogen-bond donors (Lipinski definition) is 2. The molecule has 2 N–H and O–H groups in total.